The van der Waals surface area contributed by atoms with Crippen LogP contribution in [-0.4, -0.2) is 31.9 Å². The molecule has 4 nitrogen and oxygen atoms in total. The summed E-state index contributed by atoms with van der Waals surface area (Å²) in [5.41, 5.74) is 1.03. The molecule has 0 saturated carbocycles. The molecule has 0 aromatic carbocycles. The molecule has 0 atom stereocenters. The zero-order chi connectivity index (χ0) is 13.9. The predicted molar refractivity (Wildman–Crippen MR) is 78.8 cm³/mol. The Morgan fingerprint density at radius 1 is 1.42 bits per heavy atom. The van der Waals surface area contributed by atoms with Gasteiger partial charge in [0.25, 0.3) is 10.0 Å². The SMILES string of the molecule is CC(C)NCc1csc(S(=O)(=O)N2CC=CCC2)c1. The van der Waals surface area contributed by atoms with Gasteiger partial charge in [0.15, 0.2) is 0 Å². The van der Waals surface area contributed by atoms with Gasteiger partial charge in [-0.3, -0.25) is 0 Å². The molecule has 2 rings (SSSR count). The average Bonchev–Trinajstić information content (AvgIpc) is 2.87. The average molecular weight is 300 g/mol. The van der Waals surface area contributed by atoms with E-state index in [1.54, 1.807) is 10.4 Å². The third kappa shape index (κ3) is 3.66. The Labute approximate surface area is 119 Å². The standard InChI is InChI=1S/C13H20N2O2S2/c1-11(2)14-9-12-8-13(18-10-12)19(16,17)15-6-4-3-5-7-15/h3-4,8,10-11,14H,5-7,9H2,1-2H3. The predicted octanol–water partition coefficient (Wildman–Crippen LogP) is 2.20. The third-order valence-corrected chi connectivity index (χ3v) is 6.29. The van der Waals surface area contributed by atoms with E-state index in [9.17, 15) is 8.42 Å². The fraction of sp³-hybridized carbons (Fsp3) is 0.538. The Morgan fingerprint density at radius 3 is 2.84 bits per heavy atom. The van der Waals surface area contributed by atoms with Crippen LogP contribution in [0.4, 0.5) is 0 Å². The zero-order valence-corrected chi connectivity index (χ0v) is 12.9. The molecule has 1 aromatic rings. The van der Waals surface area contributed by atoms with Crippen molar-refractivity contribution in [3.05, 3.63) is 29.2 Å². The topological polar surface area (TPSA) is 49.4 Å². The first-order valence-corrected chi connectivity index (χ1v) is 8.78. The van der Waals surface area contributed by atoms with Crippen molar-refractivity contribution < 1.29 is 8.42 Å². The van der Waals surface area contributed by atoms with E-state index in [-0.39, 0.29) is 0 Å². The van der Waals surface area contributed by atoms with E-state index in [0.29, 0.717) is 29.9 Å². The van der Waals surface area contributed by atoms with E-state index < -0.39 is 10.0 Å². The number of thiophene rings is 1. The number of rotatable bonds is 5. The molecule has 0 bridgehead atoms. The van der Waals surface area contributed by atoms with Gasteiger partial charge in [0.1, 0.15) is 4.21 Å². The molecule has 1 aliphatic heterocycles. The van der Waals surface area contributed by atoms with Gasteiger partial charge in [-0.1, -0.05) is 26.0 Å². The number of nitrogens with zero attached hydrogens (tertiary/aromatic N) is 1. The van der Waals surface area contributed by atoms with Crippen molar-refractivity contribution in [2.24, 2.45) is 0 Å². The van der Waals surface area contributed by atoms with Gasteiger partial charge in [-0.15, -0.1) is 11.3 Å². The molecular formula is C13H20N2O2S2. The Bertz CT molecular complexity index is 547. The fourth-order valence-corrected chi connectivity index (χ4v) is 4.64. The summed E-state index contributed by atoms with van der Waals surface area (Å²) < 4.78 is 26.8. The molecule has 2 heterocycles. The van der Waals surface area contributed by atoms with Crippen LogP contribution in [0.2, 0.25) is 0 Å². The monoisotopic (exact) mass is 300 g/mol. The quantitative estimate of drug-likeness (QED) is 0.848. The van der Waals surface area contributed by atoms with Gasteiger partial charge in [-0.25, -0.2) is 8.42 Å². The van der Waals surface area contributed by atoms with Gasteiger partial charge >= 0.3 is 0 Å². The summed E-state index contributed by atoms with van der Waals surface area (Å²) in [7, 11) is -3.31. The van der Waals surface area contributed by atoms with Crippen LogP contribution in [0.15, 0.2) is 27.8 Å². The molecule has 0 unspecified atom stereocenters. The van der Waals surface area contributed by atoms with E-state index in [1.165, 1.54) is 11.3 Å². The maximum Gasteiger partial charge on any atom is 0.252 e. The first-order chi connectivity index (χ1) is 9.00. The van der Waals surface area contributed by atoms with Crippen LogP contribution in [0.1, 0.15) is 25.8 Å². The first kappa shape index (κ1) is 14.7. The van der Waals surface area contributed by atoms with E-state index in [4.69, 9.17) is 0 Å². The smallest absolute Gasteiger partial charge is 0.252 e. The lowest BCUT2D eigenvalue weighted by atomic mass is 10.3. The molecular weight excluding hydrogens is 280 g/mol. The second-order valence-corrected chi connectivity index (χ2v) is 8.01. The van der Waals surface area contributed by atoms with E-state index in [1.807, 2.05) is 17.5 Å². The first-order valence-electron chi connectivity index (χ1n) is 6.46. The molecule has 1 N–H and O–H groups in total. The third-order valence-electron chi connectivity index (χ3n) is 2.96. The Kier molecular flexibility index (Phi) is 4.78. The van der Waals surface area contributed by atoms with Gasteiger partial charge in [0, 0.05) is 25.7 Å². The summed E-state index contributed by atoms with van der Waals surface area (Å²) in [6.07, 6.45) is 4.74. The van der Waals surface area contributed by atoms with E-state index in [0.717, 1.165) is 12.0 Å². The number of hydrogen-bond donors (Lipinski definition) is 1. The van der Waals surface area contributed by atoms with Gasteiger partial charge in [-0.2, -0.15) is 4.31 Å². The lowest BCUT2D eigenvalue weighted by Crippen LogP contribution is -2.33. The Balaban J connectivity index is 2.10. The molecule has 0 saturated heterocycles. The largest absolute Gasteiger partial charge is 0.310 e. The Hall–Kier alpha value is -0.690. The van der Waals surface area contributed by atoms with Crippen molar-refractivity contribution in [3.63, 3.8) is 0 Å². The van der Waals surface area contributed by atoms with Crippen LogP contribution in [0.5, 0.6) is 0 Å². The maximum absolute atomic E-state index is 12.4. The van der Waals surface area contributed by atoms with Crippen molar-refractivity contribution in [1.82, 2.24) is 9.62 Å². The van der Waals surface area contributed by atoms with Gasteiger partial charge in [0.05, 0.1) is 0 Å². The van der Waals surface area contributed by atoms with Crippen molar-refractivity contribution in [2.45, 2.75) is 37.1 Å². The highest BCUT2D eigenvalue weighted by molar-refractivity contribution is 7.91. The van der Waals surface area contributed by atoms with Gasteiger partial charge in [0.2, 0.25) is 0 Å². The summed E-state index contributed by atoms with van der Waals surface area (Å²) in [5, 5.41) is 5.21. The van der Waals surface area contributed by atoms with Crippen LogP contribution in [0.25, 0.3) is 0 Å². The minimum Gasteiger partial charge on any atom is -0.310 e. The van der Waals surface area contributed by atoms with Crippen LogP contribution in [-0.2, 0) is 16.6 Å². The van der Waals surface area contributed by atoms with Gasteiger partial charge < -0.3 is 5.32 Å². The lowest BCUT2D eigenvalue weighted by Gasteiger charge is -2.21. The minimum atomic E-state index is -3.31. The van der Waals surface area contributed by atoms with Gasteiger partial charge in [-0.05, 0) is 23.4 Å². The molecule has 0 fully saturated rings. The molecule has 1 aromatic heterocycles. The lowest BCUT2D eigenvalue weighted by molar-refractivity contribution is 0.439. The van der Waals surface area contributed by atoms with E-state index >= 15 is 0 Å². The Morgan fingerprint density at radius 2 is 2.21 bits per heavy atom. The fourth-order valence-electron chi connectivity index (χ4n) is 1.87. The summed E-state index contributed by atoms with van der Waals surface area (Å²) in [5.74, 6) is 0. The molecule has 6 heteroatoms. The van der Waals surface area contributed by atoms with Crippen LogP contribution >= 0.6 is 11.3 Å². The molecule has 19 heavy (non-hydrogen) atoms. The number of hydrogen-bond acceptors (Lipinski definition) is 4. The highest BCUT2D eigenvalue weighted by Crippen LogP contribution is 2.25. The van der Waals surface area contributed by atoms with Crippen molar-refractivity contribution in [1.29, 1.82) is 0 Å². The molecule has 0 aliphatic carbocycles. The maximum atomic E-state index is 12.4. The van der Waals surface area contributed by atoms with Crippen LogP contribution in [0.3, 0.4) is 0 Å². The normalized spacial score (nSPS) is 17.2. The minimum absolute atomic E-state index is 0.396. The number of nitrogens with one attached hydrogen (secondary N) is 1. The van der Waals surface area contributed by atoms with Crippen molar-refractivity contribution in [2.75, 3.05) is 13.1 Å². The van der Waals surface area contributed by atoms with Crippen molar-refractivity contribution in [3.8, 4) is 0 Å². The molecule has 106 valence electrons. The van der Waals surface area contributed by atoms with Crippen molar-refractivity contribution >= 4 is 21.4 Å². The summed E-state index contributed by atoms with van der Waals surface area (Å²) in [6.45, 7) is 5.92. The second kappa shape index (κ2) is 6.17. The summed E-state index contributed by atoms with van der Waals surface area (Å²) in [4.78, 5) is 0. The number of sulfonamides is 1. The molecule has 0 amide bonds. The molecule has 0 radical (unpaired) electrons. The highest BCUT2D eigenvalue weighted by Gasteiger charge is 2.25. The molecule has 1 aliphatic rings. The molecule has 0 spiro atoms. The highest BCUT2D eigenvalue weighted by atomic mass is 32.2. The second-order valence-electron chi connectivity index (χ2n) is 4.93. The van der Waals surface area contributed by atoms with Crippen LogP contribution in [0, 0.1) is 0 Å². The summed E-state index contributed by atoms with van der Waals surface area (Å²) >= 11 is 1.31. The van der Waals surface area contributed by atoms with Crippen LogP contribution < -0.4 is 5.32 Å². The van der Waals surface area contributed by atoms with E-state index in [2.05, 4.69) is 19.2 Å². The summed E-state index contributed by atoms with van der Waals surface area (Å²) in [6, 6.07) is 2.18. The zero-order valence-electron chi connectivity index (χ0n) is 11.3.